The van der Waals surface area contributed by atoms with Crippen molar-refractivity contribution in [3.05, 3.63) is 29.3 Å². The van der Waals surface area contributed by atoms with E-state index in [1.807, 2.05) is 32.0 Å². The molecule has 1 heterocycles. The van der Waals surface area contributed by atoms with E-state index in [9.17, 15) is 14.4 Å². The normalized spacial score (nSPS) is 23.3. The lowest BCUT2D eigenvalue weighted by molar-refractivity contribution is -0.140. The van der Waals surface area contributed by atoms with Gasteiger partial charge in [0.25, 0.3) is 0 Å². The molecule has 0 radical (unpaired) electrons. The van der Waals surface area contributed by atoms with E-state index in [0.717, 1.165) is 42.5 Å². The van der Waals surface area contributed by atoms with Crippen molar-refractivity contribution in [1.29, 1.82) is 0 Å². The molecule has 1 saturated heterocycles. The van der Waals surface area contributed by atoms with Crippen LogP contribution in [0.15, 0.2) is 18.2 Å². The van der Waals surface area contributed by atoms with Gasteiger partial charge in [0.15, 0.2) is 0 Å². The van der Waals surface area contributed by atoms with Crippen LogP contribution < -0.4 is 5.32 Å². The van der Waals surface area contributed by atoms with Crippen LogP contribution in [-0.4, -0.2) is 29.2 Å². The SMILES string of the molecule is Cc1cccc(C)c1NC(=O)CCN1C(=O)C2CCCCC2C1=O. The van der Waals surface area contributed by atoms with Crippen LogP contribution in [0.5, 0.6) is 0 Å². The van der Waals surface area contributed by atoms with Gasteiger partial charge >= 0.3 is 0 Å². The van der Waals surface area contributed by atoms with E-state index in [1.165, 1.54) is 4.90 Å². The van der Waals surface area contributed by atoms with E-state index in [4.69, 9.17) is 0 Å². The first-order valence-corrected chi connectivity index (χ1v) is 8.70. The second-order valence-corrected chi connectivity index (χ2v) is 6.89. The maximum Gasteiger partial charge on any atom is 0.233 e. The highest BCUT2D eigenvalue weighted by Crippen LogP contribution is 2.38. The monoisotopic (exact) mass is 328 g/mol. The molecule has 1 aromatic rings. The molecule has 5 nitrogen and oxygen atoms in total. The maximum absolute atomic E-state index is 12.4. The third-order valence-electron chi connectivity index (χ3n) is 5.24. The number of rotatable bonds is 4. The molecular formula is C19H24N2O3. The molecule has 3 amide bonds. The molecule has 2 aliphatic rings. The molecule has 0 spiro atoms. The fraction of sp³-hybridized carbons (Fsp3) is 0.526. The molecule has 1 aromatic carbocycles. The topological polar surface area (TPSA) is 66.5 Å². The number of nitrogens with one attached hydrogen (secondary N) is 1. The Kier molecular flexibility index (Phi) is 4.69. The number of amides is 3. The van der Waals surface area contributed by atoms with E-state index in [2.05, 4.69) is 5.32 Å². The van der Waals surface area contributed by atoms with Crippen molar-refractivity contribution in [3.63, 3.8) is 0 Å². The molecule has 1 aliphatic heterocycles. The lowest BCUT2D eigenvalue weighted by atomic mass is 9.81. The van der Waals surface area contributed by atoms with Crippen molar-refractivity contribution >= 4 is 23.4 Å². The number of carbonyl (C=O) groups excluding carboxylic acids is 3. The number of hydrogen-bond acceptors (Lipinski definition) is 3. The van der Waals surface area contributed by atoms with Gasteiger partial charge in [-0.25, -0.2) is 0 Å². The molecule has 3 rings (SSSR count). The summed E-state index contributed by atoms with van der Waals surface area (Å²) in [6, 6.07) is 5.84. The van der Waals surface area contributed by atoms with Crippen LogP contribution in [0.2, 0.25) is 0 Å². The standard InChI is InChI=1S/C19H24N2O3/c1-12-6-5-7-13(2)17(12)20-16(22)10-11-21-18(23)14-8-3-4-9-15(14)19(21)24/h5-7,14-15H,3-4,8-11H2,1-2H3,(H,20,22). The Balaban J connectivity index is 1.60. The van der Waals surface area contributed by atoms with Gasteiger partial charge in [0.1, 0.15) is 0 Å². The Hall–Kier alpha value is -2.17. The van der Waals surface area contributed by atoms with Gasteiger partial charge in [-0.3, -0.25) is 19.3 Å². The largest absolute Gasteiger partial charge is 0.326 e. The number of benzene rings is 1. The van der Waals surface area contributed by atoms with Gasteiger partial charge in [-0.1, -0.05) is 31.0 Å². The zero-order valence-electron chi connectivity index (χ0n) is 14.3. The minimum atomic E-state index is -0.164. The molecular weight excluding hydrogens is 304 g/mol. The van der Waals surface area contributed by atoms with Crippen molar-refractivity contribution in [2.75, 3.05) is 11.9 Å². The predicted molar refractivity (Wildman–Crippen MR) is 91.3 cm³/mol. The van der Waals surface area contributed by atoms with Gasteiger partial charge in [-0.15, -0.1) is 0 Å². The van der Waals surface area contributed by atoms with Gasteiger partial charge in [0.2, 0.25) is 17.7 Å². The summed E-state index contributed by atoms with van der Waals surface area (Å²) < 4.78 is 0. The van der Waals surface area contributed by atoms with Crippen LogP contribution in [0.3, 0.4) is 0 Å². The Bertz CT molecular complexity index is 639. The molecule has 0 bridgehead atoms. The van der Waals surface area contributed by atoms with Crippen LogP contribution in [0.1, 0.15) is 43.2 Å². The number of hydrogen-bond donors (Lipinski definition) is 1. The highest BCUT2D eigenvalue weighted by atomic mass is 16.2. The fourth-order valence-corrected chi connectivity index (χ4v) is 3.88. The van der Waals surface area contributed by atoms with E-state index < -0.39 is 0 Å². The van der Waals surface area contributed by atoms with Gasteiger partial charge in [-0.05, 0) is 37.8 Å². The third kappa shape index (κ3) is 3.07. The number of fused-ring (bicyclic) bond motifs is 1. The predicted octanol–water partition coefficient (Wildman–Crippen LogP) is 2.81. The average Bonchev–Trinajstić information content (AvgIpc) is 2.81. The summed E-state index contributed by atoms with van der Waals surface area (Å²) in [4.78, 5) is 38.4. The van der Waals surface area contributed by atoms with E-state index in [0.29, 0.717) is 0 Å². The van der Waals surface area contributed by atoms with Crippen LogP contribution in [-0.2, 0) is 14.4 Å². The summed E-state index contributed by atoms with van der Waals surface area (Å²) in [6.45, 7) is 4.07. The zero-order chi connectivity index (χ0) is 17.3. The number of anilines is 1. The van der Waals surface area contributed by atoms with Gasteiger partial charge < -0.3 is 5.32 Å². The molecule has 1 N–H and O–H groups in total. The number of carbonyl (C=O) groups is 3. The van der Waals surface area contributed by atoms with E-state index >= 15 is 0 Å². The van der Waals surface area contributed by atoms with Gasteiger partial charge in [0, 0.05) is 18.7 Å². The second kappa shape index (κ2) is 6.75. The molecule has 24 heavy (non-hydrogen) atoms. The number of aryl methyl sites for hydroxylation is 2. The summed E-state index contributed by atoms with van der Waals surface area (Å²) in [5.74, 6) is -0.613. The average molecular weight is 328 g/mol. The molecule has 128 valence electrons. The molecule has 5 heteroatoms. The van der Waals surface area contributed by atoms with Crippen LogP contribution in [0.4, 0.5) is 5.69 Å². The highest BCUT2D eigenvalue weighted by Gasteiger charge is 2.47. The van der Waals surface area contributed by atoms with Gasteiger partial charge in [-0.2, -0.15) is 0 Å². The number of imide groups is 1. The lowest BCUT2D eigenvalue weighted by Crippen LogP contribution is -2.34. The first-order valence-electron chi connectivity index (χ1n) is 8.70. The highest BCUT2D eigenvalue weighted by molar-refractivity contribution is 6.05. The first-order chi connectivity index (χ1) is 11.5. The van der Waals surface area contributed by atoms with Crippen molar-refractivity contribution in [1.82, 2.24) is 4.90 Å². The number of likely N-dealkylation sites (tertiary alicyclic amines) is 1. The van der Waals surface area contributed by atoms with Crippen LogP contribution in [0.25, 0.3) is 0 Å². The van der Waals surface area contributed by atoms with Crippen molar-refractivity contribution in [2.24, 2.45) is 11.8 Å². The minimum absolute atomic E-state index is 0.0791. The molecule has 2 unspecified atom stereocenters. The molecule has 2 fully saturated rings. The smallest absolute Gasteiger partial charge is 0.233 e. The summed E-state index contributed by atoms with van der Waals surface area (Å²) in [5.41, 5.74) is 2.82. The van der Waals surface area contributed by atoms with Crippen LogP contribution in [0, 0.1) is 25.7 Å². The van der Waals surface area contributed by atoms with Gasteiger partial charge in [0.05, 0.1) is 11.8 Å². The molecule has 1 aliphatic carbocycles. The summed E-state index contributed by atoms with van der Waals surface area (Å²) in [5, 5.41) is 2.91. The van der Waals surface area contributed by atoms with E-state index in [-0.39, 0.29) is 42.5 Å². The quantitative estimate of drug-likeness (QED) is 0.864. The third-order valence-corrected chi connectivity index (χ3v) is 5.24. The maximum atomic E-state index is 12.4. The second-order valence-electron chi connectivity index (χ2n) is 6.89. The Morgan fingerprint density at radius 1 is 1.08 bits per heavy atom. The minimum Gasteiger partial charge on any atom is -0.326 e. The Labute approximate surface area is 142 Å². The van der Waals surface area contributed by atoms with Crippen molar-refractivity contribution < 1.29 is 14.4 Å². The number of para-hydroxylation sites is 1. The zero-order valence-corrected chi connectivity index (χ0v) is 14.3. The van der Waals surface area contributed by atoms with Crippen molar-refractivity contribution in [3.8, 4) is 0 Å². The summed E-state index contributed by atoms with van der Waals surface area (Å²) in [7, 11) is 0. The summed E-state index contributed by atoms with van der Waals surface area (Å²) in [6.07, 6.45) is 3.79. The summed E-state index contributed by atoms with van der Waals surface area (Å²) >= 11 is 0. The molecule has 1 saturated carbocycles. The Morgan fingerprint density at radius 2 is 1.62 bits per heavy atom. The fourth-order valence-electron chi connectivity index (χ4n) is 3.88. The number of nitrogens with zero attached hydrogens (tertiary/aromatic N) is 1. The Morgan fingerprint density at radius 3 is 2.17 bits per heavy atom. The molecule has 0 aromatic heterocycles. The van der Waals surface area contributed by atoms with Crippen LogP contribution >= 0.6 is 0 Å². The molecule has 2 atom stereocenters. The van der Waals surface area contributed by atoms with E-state index in [1.54, 1.807) is 0 Å². The van der Waals surface area contributed by atoms with Crippen molar-refractivity contribution in [2.45, 2.75) is 46.0 Å². The lowest BCUT2D eigenvalue weighted by Gasteiger charge is -2.19. The first kappa shape index (κ1) is 16.7.